The molecule has 4 aromatic rings. The Hall–Kier alpha value is -3.25. The minimum Gasteiger partial charge on any atom is -0.439 e. The lowest BCUT2D eigenvalue weighted by molar-refractivity contribution is 0.0954. The van der Waals surface area contributed by atoms with Gasteiger partial charge in [-0.2, -0.15) is 0 Å². The predicted molar refractivity (Wildman–Crippen MR) is 108 cm³/mol. The molecule has 0 saturated heterocycles. The van der Waals surface area contributed by atoms with E-state index in [0.29, 0.717) is 18.2 Å². The number of amides is 1. The average Bonchev–Trinajstić information content (AvgIpc) is 3.04. The van der Waals surface area contributed by atoms with Gasteiger partial charge in [0.1, 0.15) is 11.6 Å². The molecule has 4 nitrogen and oxygen atoms in total. The largest absolute Gasteiger partial charge is 0.439 e. The van der Waals surface area contributed by atoms with Crippen LogP contribution >= 0.6 is 11.3 Å². The number of fused-ring (bicyclic) bond motifs is 1. The van der Waals surface area contributed by atoms with Crippen molar-refractivity contribution in [2.75, 3.05) is 0 Å². The number of rotatable bonds is 5. The number of aryl methyl sites for hydroxylation is 1. The molecular weight excluding hydrogens is 375 g/mol. The molecule has 2 aromatic carbocycles. The van der Waals surface area contributed by atoms with Crippen molar-refractivity contribution < 1.29 is 13.9 Å². The molecular formula is C22H17FN2O2S. The first-order valence-electron chi connectivity index (χ1n) is 8.75. The highest BCUT2D eigenvalue weighted by Gasteiger charge is 2.15. The van der Waals surface area contributed by atoms with Crippen LogP contribution < -0.4 is 10.1 Å². The van der Waals surface area contributed by atoms with Crippen molar-refractivity contribution in [3.05, 3.63) is 88.7 Å². The van der Waals surface area contributed by atoms with E-state index >= 15 is 0 Å². The molecule has 0 bridgehead atoms. The van der Waals surface area contributed by atoms with Gasteiger partial charge in [0, 0.05) is 29.6 Å². The molecule has 0 aliphatic rings. The SMILES string of the molecule is Cc1c(C(=O)NCc2ccc(Oc3cccc(F)c3)nc2)sc2ccccc12. The smallest absolute Gasteiger partial charge is 0.261 e. The van der Waals surface area contributed by atoms with Crippen LogP contribution in [-0.2, 0) is 6.54 Å². The topological polar surface area (TPSA) is 51.2 Å². The van der Waals surface area contributed by atoms with E-state index in [1.807, 2.05) is 37.3 Å². The summed E-state index contributed by atoms with van der Waals surface area (Å²) in [5.74, 6) is 0.280. The average molecular weight is 392 g/mol. The number of nitrogens with zero attached hydrogens (tertiary/aromatic N) is 1. The molecule has 0 spiro atoms. The number of thiophene rings is 1. The minimum absolute atomic E-state index is 0.0983. The number of ether oxygens (including phenoxy) is 1. The Morgan fingerprint density at radius 2 is 2.00 bits per heavy atom. The van der Waals surface area contributed by atoms with E-state index in [1.165, 1.54) is 23.5 Å². The van der Waals surface area contributed by atoms with Gasteiger partial charge in [-0.15, -0.1) is 11.3 Å². The maximum atomic E-state index is 13.2. The minimum atomic E-state index is -0.367. The third-order valence-corrected chi connectivity index (χ3v) is 5.59. The number of pyridine rings is 1. The molecule has 2 heterocycles. The van der Waals surface area contributed by atoms with Crippen LogP contribution in [0.2, 0.25) is 0 Å². The summed E-state index contributed by atoms with van der Waals surface area (Å²) in [5, 5.41) is 4.04. The number of nitrogens with one attached hydrogen (secondary N) is 1. The standard InChI is InChI=1S/C22H17FN2O2S/c1-14-18-7-2-3-8-19(18)28-21(14)22(26)25-13-15-9-10-20(24-12-15)27-17-6-4-5-16(23)11-17/h2-12H,13H2,1H3,(H,25,26). The highest BCUT2D eigenvalue weighted by Crippen LogP contribution is 2.30. The molecule has 4 rings (SSSR count). The van der Waals surface area contributed by atoms with Crippen molar-refractivity contribution in [2.45, 2.75) is 13.5 Å². The van der Waals surface area contributed by atoms with Gasteiger partial charge in [-0.25, -0.2) is 9.37 Å². The third kappa shape index (κ3) is 3.87. The summed E-state index contributed by atoms with van der Waals surface area (Å²) in [6.45, 7) is 2.33. The molecule has 0 aliphatic heterocycles. The normalized spacial score (nSPS) is 10.8. The first kappa shape index (κ1) is 18.1. The van der Waals surface area contributed by atoms with Gasteiger partial charge >= 0.3 is 0 Å². The first-order valence-corrected chi connectivity index (χ1v) is 9.56. The van der Waals surface area contributed by atoms with E-state index in [4.69, 9.17) is 4.74 Å². The summed E-state index contributed by atoms with van der Waals surface area (Å²) in [6, 6.07) is 17.4. The maximum absolute atomic E-state index is 13.2. The van der Waals surface area contributed by atoms with Crippen LogP contribution in [0.5, 0.6) is 11.6 Å². The number of aromatic nitrogens is 1. The van der Waals surface area contributed by atoms with Gasteiger partial charge in [-0.1, -0.05) is 30.3 Å². The van der Waals surface area contributed by atoms with Crippen molar-refractivity contribution in [1.29, 1.82) is 0 Å². The molecule has 1 amide bonds. The van der Waals surface area contributed by atoms with Gasteiger partial charge in [-0.05, 0) is 41.6 Å². The summed E-state index contributed by atoms with van der Waals surface area (Å²) in [6.07, 6.45) is 1.63. The lowest BCUT2D eigenvalue weighted by atomic mass is 10.1. The van der Waals surface area contributed by atoms with Crippen molar-refractivity contribution in [2.24, 2.45) is 0 Å². The molecule has 0 radical (unpaired) electrons. The van der Waals surface area contributed by atoms with Crippen LogP contribution in [0, 0.1) is 12.7 Å². The Bertz CT molecular complexity index is 1140. The van der Waals surface area contributed by atoms with Crippen LogP contribution in [-0.4, -0.2) is 10.9 Å². The maximum Gasteiger partial charge on any atom is 0.261 e. The van der Waals surface area contributed by atoms with Crippen LogP contribution in [0.25, 0.3) is 10.1 Å². The molecule has 2 aromatic heterocycles. The molecule has 6 heteroatoms. The molecule has 0 fully saturated rings. The number of carbonyl (C=O) groups is 1. The van der Waals surface area contributed by atoms with Gasteiger partial charge in [-0.3, -0.25) is 4.79 Å². The number of hydrogen-bond donors (Lipinski definition) is 1. The number of hydrogen-bond acceptors (Lipinski definition) is 4. The zero-order chi connectivity index (χ0) is 19.5. The fourth-order valence-corrected chi connectivity index (χ4v) is 4.01. The fraction of sp³-hybridized carbons (Fsp3) is 0.0909. The van der Waals surface area contributed by atoms with Crippen LogP contribution in [0.15, 0.2) is 66.9 Å². The molecule has 0 aliphatic carbocycles. The van der Waals surface area contributed by atoms with Crippen molar-refractivity contribution >= 4 is 27.3 Å². The van der Waals surface area contributed by atoms with E-state index in [2.05, 4.69) is 10.3 Å². The second-order valence-corrected chi connectivity index (χ2v) is 7.35. The van der Waals surface area contributed by atoms with Gasteiger partial charge in [0.15, 0.2) is 0 Å². The van der Waals surface area contributed by atoms with E-state index in [9.17, 15) is 9.18 Å². The highest BCUT2D eigenvalue weighted by molar-refractivity contribution is 7.21. The summed E-state index contributed by atoms with van der Waals surface area (Å²) >= 11 is 1.49. The zero-order valence-corrected chi connectivity index (χ0v) is 15.9. The molecule has 140 valence electrons. The Morgan fingerprint density at radius 1 is 1.14 bits per heavy atom. The van der Waals surface area contributed by atoms with Crippen LogP contribution in [0.1, 0.15) is 20.8 Å². The second kappa shape index (κ2) is 7.78. The van der Waals surface area contributed by atoms with Crippen LogP contribution in [0.4, 0.5) is 4.39 Å². The van der Waals surface area contributed by atoms with E-state index in [-0.39, 0.29) is 11.7 Å². The summed E-state index contributed by atoms with van der Waals surface area (Å²) in [4.78, 5) is 17.5. The Morgan fingerprint density at radius 3 is 2.75 bits per heavy atom. The Kier molecular flexibility index (Phi) is 5.04. The van der Waals surface area contributed by atoms with E-state index in [0.717, 1.165) is 26.1 Å². The summed E-state index contributed by atoms with van der Waals surface area (Å²) in [7, 11) is 0. The number of carbonyl (C=O) groups excluding carboxylic acids is 1. The van der Waals surface area contributed by atoms with E-state index < -0.39 is 0 Å². The van der Waals surface area contributed by atoms with Gasteiger partial charge in [0.2, 0.25) is 5.88 Å². The number of halogens is 1. The quantitative estimate of drug-likeness (QED) is 0.490. The zero-order valence-electron chi connectivity index (χ0n) is 15.1. The van der Waals surface area contributed by atoms with Crippen molar-refractivity contribution in [1.82, 2.24) is 10.3 Å². The molecule has 28 heavy (non-hydrogen) atoms. The predicted octanol–water partition coefficient (Wildman–Crippen LogP) is 5.47. The van der Waals surface area contributed by atoms with Gasteiger partial charge in [0.25, 0.3) is 5.91 Å². The second-order valence-electron chi connectivity index (χ2n) is 6.30. The van der Waals surface area contributed by atoms with Crippen molar-refractivity contribution in [3.8, 4) is 11.6 Å². The summed E-state index contributed by atoms with van der Waals surface area (Å²) < 4.78 is 19.8. The van der Waals surface area contributed by atoms with Crippen LogP contribution in [0.3, 0.4) is 0 Å². The lowest BCUT2D eigenvalue weighted by Gasteiger charge is -2.07. The Labute approximate surface area is 165 Å². The first-order chi connectivity index (χ1) is 13.6. The van der Waals surface area contributed by atoms with Gasteiger partial charge < -0.3 is 10.1 Å². The third-order valence-electron chi connectivity index (χ3n) is 4.32. The molecule has 0 atom stereocenters. The molecule has 0 unspecified atom stereocenters. The Balaban J connectivity index is 1.40. The highest BCUT2D eigenvalue weighted by atomic mass is 32.1. The summed E-state index contributed by atoms with van der Waals surface area (Å²) in [5.41, 5.74) is 1.84. The lowest BCUT2D eigenvalue weighted by Crippen LogP contribution is -2.22. The van der Waals surface area contributed by atoms with Gasteiger partial charge in [0.05, 0.1) is 4.88 Å². The fourth-order valence-electron chi connectivity index (χ4n) is 2.88. The number of benzene rings is 2. The molecule has 1 N–H and O–H groups in total. The molecule has 0 saturated carbocycles. The van der Waals surface area contributed by atoms with Crippen molar-refractivity contribution in [3.63, 3.8) is 0 Å². The monoisotopic (exact) mass is 392 g/mol. The van der Waals surface area contributed by atoms with E-state index in [1.54, 1.807) is 24.4 Å².